The molecule has 0 bridgehead atoms. The second kappa shape index (κ2) is 3.09. The normalized spacial score (nSPS) is 10.1. The molecule has 1 aromatic heterocycles. The molecule has 0 N–H and O–H groups in total. The summed E-state index contributed by atoms with van der Waals surface area (Å²) >= 11 is 0. The molecule has 14 heavy (non-hydrogen) atoms. The van der Waals surface area contributed by atoms with Gasteiger partial charge in [0.15, 0.2) is 5.82 Å². The molecule has 70 valence electrons. The summed E-state index contributed by atoms with van der Waals surface area (Å²) in [5, 5.41) is 5.04. The number of hydrogen-bond donors (Lipinski definition) is 0. The summed E-state index contributed by atoms with van der Waals surface area (Å²) in [7, 11) is 1.82. The number of hydrogen-bond acceptors (Lipinski definition) is 3. The van der Waals surface area contributed by atoms with Gasteiger partial charge >= 0.3 is 0 Å². The van der Waals surface area contributed by atoms with Gasteiger partial charge in [-0.1, -0.05) is 12.1 Å². The first kappa shape index (κ1) is 8.66. The zero-order valence-electron chi connectivity index (χ0n) is 7.98. The Hall–Kier alpha value is -1.93. The molecule has 0 saturated heterocycles. The molecule has 0 aliphatic carbocycles. The predicted octanol–water partition coefficient (Wildman–Crippen LogP) is 1.85. The van der Waals surface area contributed by atoms with Crippen LogP contribution in [0.15, 0.2) is 23.2 Å². The molecule has 1 aromatic carbocycles. The van der Waals surface area contributed by atoms with Gasteiger partial charge in [0.1, 0.15) is 0 Å². The SMILES string of the molecule is Cc1cccc2c1c(N=C=O)nn2C. The van der Waals surface area contributed by atoms with Crippen LogP contribution in [-0.2, 0) is 11.8 Å². The van der Waals surface area contributed by atoms with Crippen molar-refractivity contribution in [1.82, 2.24) is 9.78 Å². The van der Waals surface area contributed by atoms with Crippen LogP contribution in [0.5, 0.6) is 0 Å². The van der Waals surface area contributed by atoms with Crippen molar-refractivity contribution >= 4 is 22.8 Å². The van der Waals surface area contributed by atoms with Crippen LogP contribution in [0.3, 0.4) is 0 Å². The number of aromatic nitrogens is 2. The first-order valence-corrected chi connectivity index (χ1v) is 4.24. The highest BCUT2D eigenvalue weighted by Gasteiger charge is 2.08. The standard InChI is InChI=1S/C10H9N3O/c1-7-4-3-5-8-9(7)10(11-6-14)12-13(8)2/h3-5H,1-2H3. The van der Waals surface area contributed by atoms with Gasteiger partial charge in [-0.15, -0.1) is 4.99 Å². The number of aryl methyl sites for hydroxylation is 2. The summed E-state index contributed by atoms with van der Waals surface area (Å²) in [4.78, 5) is 13.8. The van der Waals surface area contributed by atoms with Crippen LogP contribution in [-0.4, -0.2) is 15.9 Å². The highest BCUT2D eigenvalue weighted by atomic mass is 16.1. The highest BCUT2D eigenvalue weighted by molar-refractivity contribution is 5.92. The average molecular weight is 187 g/mol. The van der Waals surface area contributed by atoms with E-state index in [0.29, 0.717) is 5.82 Å². The molecule has 0 aliphatic heterocycles. The van der Waals surface area contributed by atoms with Gasteiger partial charge in [0, 0.05) is 7.05 Å². The Labute approximate surface area is 80.9 Å². The van der Waals surface area contributed by atoms with Gasteiger partial charge in [-0.3, -0.25) is 4.68 Å². The van der Waals surface area contributed by atoms with Crippen LogP contribution in [0.2, 0.25) is 0 Å². The molecule has 0 saturated carbocycles. The van der Waals surface area contributed by atoms with Gasteiger partial charge in [-0.05, 0) is 18.6 Å². The van der Waals surface area contributed by atoms with E-state index in [2.05, 4.69) is 10.1 Å². The zero-order chi connectivity index (χ0) is 10.1. The first-order valence-electron chi connectivity index (χ1n) is 4.24. The van der Waals surface area contributed by atoms with E-state index in [1.54, 1.807) is 4.68 Å². The van der Waals surface area contributed by atoms with Crippen LogP contribution in [0.4, 0.5) is 5.82 Å². The molecule has 4 nitrogen and oxygen atoms in total. The fraction of sp³-hybridized carbons (Fsp3) is 0.200. The van der Waals surface area contributed by atoms with Gasteiger partial charge < -0.3 is 0 Å². The number of isocyanates is 1. The number of fused-ring (bicyclic) bond motifs is 1. The highest BCUT2D eigenvalue weighted by Crippen LogP contribution is 2.27. The smallest absolute Gasteiger partial charge is 0.242 e. The Morgan fingerprint density at radius 2 is 2.29 bits per heavy atom. The molecule has 0 atom stereocenters. The Morgan fingerprint density at radius 1 is 1.50 bits per heavy atom. The third-order valence-electron chi connectivity index (χ3n) is 2.22. The summed E-state index contributed by atoms with van der Waals surface area (Å²) in [5.74, 6) is 0.440. The Balaban J connectivity index is 2.92. The van der Waals surface area contributed by atoms with Gasteiger partial charge in [0.2, 0.25) is 6.08 Å². The van der Waals surface area contributed by atoms with Crippen molar-refractivity contribution in [2.75, 3.05) is 0 Å². The van der Waals surface area contributed by atoms with Crippen molar-refractivity contribution in [2.24, 2.45) is 12.0 Å². The number of nitrogens with zero attached hydrogens (tertiary/aromatic N) is 3. The van der Waals surface area contributed by atoms with Crippen molar-refractivity contribution in [3.63, 3.8) is 0 Å². The molecule has 1 heterocycles. The fourth-order valence-electron chi connectivity index (χ4n) is 1.58. The van der Waals surface area contributed by atoms with Gasteiger partial charge in [-0.2, -0.15) is 5.10 Å². The lowest BCUT2D eigenvalue weighted by Gasteiger charge is -1.95. The zero-order valence-corrected chi connectivity index (χ0v) is 7.98. The van der Waals surface area contributed by atoms with E-state index in [4.69, 9.17) is 0 Å². The Morgan fingerprint density at radius 3 is 3.00 bits per heavy atom. The molecule has 0 amide bonds. The number of carbonyl (C=O) groups excluding carboxylic acids is 1. The maximum atomic E-state index is 10.2. The van der Waals surface area contributed by atoms with Crippen LogP contribution in [0.1, 0.15) is 5.56 Å². The average Bonchev–Trinajstić information content (AvgIpc) is 2.46. The van der Waals surface area contributed by atoms with Crippen LogP contribution in [0.25, 0.3) is 10.9 Å². The largest absolute Gasteiger partial charge is 0.266 e. The minimum atomic E-state index is 0.440. The predicted molar refractivity (Wildman–Crippen MR) is 53.2 cm³/mol. The maximum absolute atomic E-state index is 10.2. The maximum Gasteiger partial charge on any atom is 0.242 e. The molecule has 0 radical (unpaired) electrons. The van der Waals surface area contributed by atoms with E-state index in [1.807, 2.05) is 32.2 Å². The fourth-order valence-corrected chi connectivity index (χ4v) is 1.58. The quantitative estimate of drug-likeness (QED) is 0.505. The molecule has 2 aromatic rings. The first-order chi connectivity index (χ1) is 6.74. The topological polar surface area (TPSA) is 47.2 Å². The molecule has 0 aliphatic rings. The summed E-state index contributed by atoms with van der Waals surface area (Å²) in [6, 6.07) is 5.86. The van der Waals surface area contributed by atoms with Crippen molar-refractivity contribution < 1.29 is 4.79 Å². The third-order valence-corrected chi connectivity index (χ3v) is 2.22. The Bertz CT molecular complexity index is 536. The van der Waals surface area contributed by atoms with Crippen molar-refractivity contribution in [3.05, 3.63) is 23.8 Å². The Kier molecular flexibility index (Phi) is 1.91. The molecule has 0 spiro atoms. The van der Waals surface area contributed by atoms with E-state index in [1.165, 1.54) is 6.08 Å². The van der Waals surface area contributed by atoms with Crippen molar-refractivity contribution in [1.29, 1.82) is 0 Å². The van der Waals surface area contributed by atoms with E-state index in [-0.39, 0.29) is 0 Å². The lowest BCUT2D eigenvalue weighted by molar-refractivity contribution is 0.565. The van der Waals surface area contributed by atoms with E-state index in [9.17, 15) is 4.79 Å². The summed E-state index contributed by atoms with van der Waals surface area (Å²) in [6.07, 6.45) is 1.52. The van der Waals surface area contributed by atoms with Crippen LogP contribution < -0.4 is 0 Å². The van der Waals surface area contributed by atoms with Crippen LogP contribution >= 0.6 is 0 Å². The minimum Gasteiger partial charge on any atom is -0.266 e. The van der Waals surface area contributed by atoms with E-state index in [0.717, 1.165) is 16.5 Å². The summed E-state index contributed by atoms with van der Waals surface area (Å²) < 4.78 is 1.71. The monoisotopic (exact) mass is 187 g/mol. The van der Waals surface area contributed by atoms with E-state index < -0.39 is 0 Å². The number of aliphatic imine (C=N–C) groups is 1. The summed E-state index contributed by atoms with van der Waals surface area (Å²) in [5.41, 5.74) is 2.03. The second-order valence-electron chi connectivity index (χ2n) is 3.12. The molecule has 2 rings (SSSR count). The number of benzene rings is 1. The third kappa shape index (κ3) is 1.13. The molecular formula is C10H9N3O. The van der Waals surface area contributed by atoms with E-state index >= 15 is 0 Å². The van der Waals surface area contributed by atoms with Gasteiger partial charge in [0.25, 0.3) is 0 Å². The van der Waals surface area contributed by atoms with Crippen molar-refractivity contribution in [3.8, 4) is 0 Å². The molecule has 0 fully saturated rings. The summed E-state index contributed by atoms with van der Waals surface area (Å²) in [6.45, 7) is 1.97. The molecule has 0 unspecified atom stereocenters. The molecule has 4 heteroatoms. The van der Waals surface area contributed by atoms with Gasteiger partial charge in [-0.25, -0.2) is 4.79 Å². The number of rotatable bonds is 1. The lowest BCUT2D eigenvalue weighted by atomic mass is 10.1. The molecular weight excluding hydrogens is 178 g/mol. The van der Waals surface area contributed by atoms with Crippen molar-refractivity contribution in [2.45, 2.75) is 6.92 Å². The lowest BCUT2D eigenvalue weighted by Crippen LogP contribution is -1.88. The van der Waals surface area contributed by atoms with Gasteiger partial charge in [0.05, 0.1) is 10.9 Å². The minimum absolute atomic E-state index is 0.440. The van der Waals surface area contributed by atoms with Crippen LogP contribution in [0, 0.1) is 6.92 Å². The second-order valence-corrected chi connectivity index (χ2v) is 3.12.